The summed E-state index contributed by atoms with van der Waals surface area (Å²) in [5, 5.41) is 0. The van der Waals surface area contributed by atoms with E-state index >= 15 is 0 Å². The van der Waals surface area contributed by atoms with Crippen LogP contribution in [0.5, 0.6) is 0 Å². The normalized spacial score (nSPS) is 11.6. The molecule has 60 valence electrons. The van der Waals surface area contributed by atoms with Gasteiger partial charge in [0.2, 0.25) is 0 Å². The minimum atomic E-state index is -0.704. The molecule has 0 aliphatic carbocycles. The molecule has 0 aromatic rings. The second kappa shape index (κ2) is 6.79. The van der Waals surface area contributed by atoms with Crippen molar-refractivity contribution in [2.75, 3.05) is 0 Å². The molecule has 0 radical (unpaired) electrons. The summed E-state index contributed by atoms with van der Waals surface area (Å²) in [5.74, 6) is -0.683. The number of rotatable bonds is 3. The van der Waals surface area contributed by atoms with E-state index in [2.05, 4.69) is 4.74 Å². The van der Waals surface area contributed by atoms with Gasteiger partial charge < -0.3 is 10.5 Å². The molecule has 0 aromatic carbocycles. The van der Waals surface area contributed by atoms with Crippen molar-refractivity contribution in [1.82, 2.24) is 0 Å². The molecule has 0 aromatic heterocycles. The molecule has 0 bridgehead atoms. The quantitative estimate of drug-likeness (QED) is 0.255. The first-order chi connectivity index (χ1) is 4.59. The van der Waals surface area contributed by atoms with Gasteiger partial charge in [-0.15, -0.1) is 0 Å². The molecule has 0 unspecified atom stereocenters. The molecule has 5 heteroatoms. The standard InChI is InChI=1S/C6H11NO3.Na.H/c1-4(2)5(7)6(9)10-3-8;;/h3-5H,7H2,1-2H3;;/t5-;;/m0../s1. The summed E-state index contributed by atoms with van der Waals surface area (Å²) in [4.78, 5) is 20.2. The third-order valence-corrected chi connectivity index (χ3v) is 1.15. The maximum absolute atomic E-state index is 10.6. The van der Waals surface area contributed by atoms with Gasteiger partial charge in [-0.05, 0) is 5.92 Å². The fourth-order valence-electron chi connectivity index (χ4n) is 0.398. The van der Waals surface area contributed by atoms with Crippen LogP contribution in [0.4, 0.5) is 0 Å². The summed E-state index contributed by atoms with van der Waals surface area (Å²) in [6, 6.07) is -0.704. The first-order valence-electron chi connectivity index (χ1n) is 2.99. The molecule has 0 fully saturated rings. The third-order valence-electron chi connectivity index (χ3n) is 1.15. The Hall–Kier alpha value is 0.1000. The zero-order valence-corrected chi connectivity index (χ0v) is 6.03. The molecule has 2 N–H and O–H groups in total. The van der Waals surface area contributed by atoms with Gasteiger partial charge in [-0.25, -0.2) is 4.79 Å². The summed E-state index contributed by atoms with van der Waals surface area (Å²) in [6.45, 7) is 3.64. The number of hydrogen-bond acceptors (Lipinski definition) is 4. The van der Waals surface area contributed by atoms with E-state index in [1.165, 1.54) is 0 Å². The number of carbonyl (C=O) groups excluding carboxylic acids is 2. The summed E-state index contributed by atoms with van der Waals surface area (Å²) < 4.78 is 4.02. The summed E-state index contributed by atoms with van der Waals surface area (Å²) in [7, 11) is 0. The van der Waals surface area contributed by atoms with Gasteiger partial charge in [0.25, 0.3) is 0 Å². The van der Waals surface area contributed by atoms with Crippen LogP contribution in [0.25, 0.3) is 0 Å². The van der Waals surface area contributed by atoms with Crippen LogP contribution in [0.2, 0.25) is 0 Å². The van der Waals surface area contributed by atoms with Crippen LogP contribution >= 0.6 is 0 Å². The fraction of sp³-hybridized carbons (Fsp3) is 0.667. The van der Waals surface area contributed by atoms with Crippen LogP contribution in [0, 0.1) is 5.92 Å². The number of ether oxygens (including phenoxy) is 1. The van der Waals surface area contributed by atoms with E-state index in [1.54, 1.807) is 13.8 Å². The Kier molecular flexibility index (Phi) is 8.44. The molecule has 4 nitrogen and oxygen atoms in total. The second-order valence-electron chi connectivity index (χ2n) is 2.30. The molecule has 0 rings (SSSR count). The van der Waals surface area contributed by atoms with Gasteiger partial charge in [0.1, 0.15) is 6.04 Å². The molecule has 0 saturated carbocycles. The van der Waals surface area contributed by atoms with Crippen LogP contribution in [0.3, 0.4) is 0 Å². The van der Waals surface area contributed by atoms with Crippen LogP contribution in [0.15, 0.2) is 0 Å². The molecule has 0 spiro atoms. The van der Waals surface area contributed by atoms with Crippen molar-refractivity contribution in [1.29, 1.82) is 0 Å². The average Bonchev–Trinajstić information content (AvgIpc) is 1.87. The summed E-state index contributed by atoms with van der Waals surface area (Å²) in [6.07, 6.45) is 0. The van der Waals surface area contributed by atoms with Gasteiger partial charge >= 0.3 is 42.0 Å². The number of nitrogens with two attached hydrogens (primary N) is 1. The van der Waals surface area contributed by atoms with Gasteiger partial charge in [-0.3, -0.25) is 4.79 Å². The number of carbonyl (C=O) groups is 2. The fourth-order valence-corrected chi connectivity index (χ4v) is 0.398. The predicted molar refractivity (Wildman–Crippen MR) is 42.1 cm³/mol. The molecule has 1 atom stereocenters. The average molecular weight is 169 g/mol. The Balaban J connectivity index is 0. The van der Waals surface area contributed by atoms with Gasteiger partial charge in [-0.1, -0.05) is 13.8 Å². The van der Waals surface area contributed by atoms with E-state index in [1.807, 2.05) is 0 Å². The third kappa shape index (κ3) is 5.38. The topological polar surface area (TPSA) is 69.4 Å². The Morgan fingerprint density at radius 1 is 1.55 bits per heavy atom. The van der Waals surface area contributed by atoms with Gasteiger partial charge in [0, 0.05) is 0 Å². The van der Waals surface area contributed by atoms with Crippen molar-refractivity contribution in [3.63, 3.8) is 0 Å². The Bertz CT molecular complexity index is 138. The van der Waals surface area contributed by atoms with Gasteiger partial charge in [-0.2, -0.15) is 0 Å². The van der Waals surface area contributed by atoms with Crippen LogP contribution < -0.4 is 5.73 Å². The van der Waals surface area contributed by atoms with Gasteiger partial charge in [0.15, 0.2) is 0 Å². The molecular weight excluding hydrogens is 157 g/mol. The number of esters is 1. The molecule has 0 aliphatic heterocycles. The van der Waals surface area contributed by atoms with Crippen molar-refractivity contribution in [3.8, 4) is 0 Å². The van der Waals surface area contributed by atoms with E-state index < -0.39 is 12.0 Å². The monoisotopic (exact) mass is 169 g/mol. The van der Waals surface area contributed by atoms with Crippen molar-refractivity contribution in [2.24, 2.45) is 11.7 Å². The Labute approximate surface area is 87.8 Å². The van der Waals surface area contributed by atoms with Crippen LogP contribution in [-0.2, 0) is 14.3 Å². The Morgan fingerprint density at radius 2 is 2.00 bits per heavy atom. The van der Waals surface area contributed by atoms with E-state index in [0.717, 1.165) is 0 Å². The number of hydrogen-bond donors (Lipinski definition) is 1. The second-order valence-corrected chi connectivity index (χ2v) is 2.30. The summed E-state index contributed by atoms with van der Waals surface area (Å²) in [5.41, 5.74) is 5.31. The molecule has 0 amide bonds. The summed E-state index contributed by atoms with van der Waals surface area (Å²) >= 11 is 0. The SMILES string of the molecule is CC(C)[C@H](N)C(=O)OC=O.[NaH]. The van der Waals surface area contributed by atoms with Crippen molar-refractivity contribution < 1.29 is 14.3 Å². The molecule has 0 saturated heterocycles. The molecule has 0 aliphatic rings. The minimum absolute atomic E-state index is 0. The maximum atomic E-state index is 10.6. The van der Waals surface area contributed by atoms with Crippen LogP contribution in [-0.4, -0.2) is 48.0 Å². The predicted octanol–water partition coefficient (Wildman–Crippen LogP) is -0.979. The Morgan fingerprint density at radius 3 is 2.27 bits per heavy atom. The van der Waals surface area contributed by atoms with Crippen molar-refractivity contribution in [2.45, 2.75) is 19.9 Å². The van der Waals surface area contributed by atoms with E-state index in [0.29, 0.717) is 0 Å². The van der Waals surface area contributed by atoms with Crippen molar-refractivity contribution in [3.05, 3.63) is 0 Å². The van der Waals surface area contributed by atoms with Crippen LogP contribution in [0.1, 0.15) is 13.8 Å². The van der Waals surface area contributed by atoms with E-state index in [-0.39, 0.29) is 41.9 Å². The molecule has 0 heterocycles. The van der Waals surface area contributed by atoms with Gasteiger partial charge in [0.05, 0.1) is 0 Å². The zero-order chi connectivity index (χ0) is 8.15. The molecular formula is C6H12NNaO3. The van der Waals surface area contributed by atoms with E-state index in [4.69, 9.17) is 5.73 Å². The molecule has 11 heavy (non-hydrogen) atoms. The first kappa shape index (κ1) is 13.7. The van der Waals surface area contributed by atoms with E-state index in [9.17, 15) is 9.59 Å². The van der Waals surface area contributed by atoms with Crippen molar-refractivity contribution >= 4 is 42.0 Å². The zero-order valence-electron chi connectivity index (χ0n) is 6.03. The first-order valence-corrected chi connectivity index (χ1v) is 2.99.